The van der Waals surface area contributed by atoms with Gasteiger partial charge in [-0.05, 0) is 18.6 Å². The number of carbonyl (C=O) groups is 1. The van der Waals surface area contributed by atoms with E-state index in [1.165, 1.54) is 24.1 Å². The van der Waals surface area contributed by atoms with Crippen molar-refractivity contribution in [1.29, 1.82) is 0 Å². The highest BCUT2D eigenvalue weighted by Gasteiger charge is 2.33. The third-order valence-corrected chi connectivity index (χ3v) is 6.11. The van der Waals surface area contributed by atoms with E-state index in [9.17, 15) is 13.2 Å². The van der Waals surface area contributed by atoms with E-state index >= 15 is 0 Å². The highest BCUT2D eigenvalue weighted by Crippen LogP contribution is 2.22. The van der Waals surface area contributed by atoms with Crippen molar-refractivity contribution in [3.63, 3.8) is 0 Å². The monoisotopic (exact) mass is 425 g/mol. The Kier molecular flexibility index (Phi) is 7.30. The number of anilines is 1. The van der Waals surface area contributed by atoms with Gasteiger partial charge in [-0.3, -0.25) is 9.78 Å². The van der Waals surface area contributed by atoms with E-state index in [1.54, 1.807) is 31.5 Å². The number of carbonyl (C=O) groups excluding carboxylic acids is 1. The van der Waals surface area contributed by atoms with Gasteiger partial charge in [-0.25, -0.2) is 13.1 Å². The summed E-state index contributed by atoms with van der Waals surface area (Å²) in [6.07, 6.45) is 6.06. The third-order valence-electron chi connectivity index (χ3n) is 3.71. The molecule has 0 fully saturated rings. The van der Waals surface area contributed by atoms with Crippen LogP contribution in [0.5, 0.6) is 0 Å². The highest BCUT2D eigenvalue weighted by atomic mass is 35.5. The van der Waals surface area contributed by atoms with E-state index in [1.807, 2.05) is 0 Å². The maximum atomic E-state index is 12.7. The van der Waals surface area contributed by atoms with Crippen LogP contribution in [0.3, 0.4) is 0 Å². The first-order valence-corrected chi connectivity index (χ1v) is 10.3. The molecule has 1 amide bonds. The average molecular weight is 426 g/mol. The number of rotatable bonds is 9. The van der Waals surface area contributed by atoms with Crippen LogP contribution in [-0.4, -0.2) is 52.9 Å². The molecule has 0 spiro atoms. The lowest BCUT2D eigenvalue weighted by Gasteiger charge is -2.16. The molecule has 1 atom stereocenters. The Balaban J connectivity index is 2.32. The first kappa shape index (κ1) is 21.6. The zero-order chi connectivity index (χ0) is 20.7. The summed E-state index contributed by atoms with van der Waals surface area (Å²) >= 11 is 6.10. The van der Waals surface area contributed by atoms with Crippen LogP contribution in [0.25, 0.3) is 5.69 Å². The normalized spacial score (nSPS) is 13.0. The Morgan fingerprint density at radius 3 is 2.86 bits per heavy atom. The molecule has 0 aromatic carbocycles. The second kappa shape index (κ2) is 9.47. The van der Waals surface area contributed by atoms with Crippen molar-refractivity contribution in [2.24, 2.45) is 5.16 Å². The molecule has 2 heterocycles. The number of aromatic nitrogens is 3. The predicted octanol–water partition coefficient (Wildman–Crippen LogP) is 2.24. The smallest absolute Gasteiger partial charge is 0.274 e. The molecule has 9 nitrogen and oxygen atoms in total. The Morgan fingerprint density at radius 2 is 2.29 bits per heavy atom. The van der Waals surface area contributed by atoms with Crippen LogP contribution in [-0.2, 0) is 19.5 Å². The van der Waals surface area contributed by atoms with Gasteiger partial charge >= 0.3 is 0 Å². The van der Waals surface area contributed by atoms with Crippen LogP contribution in [0.4, 0.5) is 5.69 Å². The summed E-state index contributed by atoms with van der Waals surface area (Å²) in [5.74, 6) is -1.05. The first-order chi connectivity index (χ1) is 13.3. The number of nitrogens with one attached hydrogen (secondary N) is 1. The van der Waals surface area contributed by atoms with E-state index < -0.39 is 21.0 Å². The van der Waals surface area contributed by atoms with Gasteiger partial charge in [-0.1, -0.05) is 29.8 Å². The average Bonchev–Trinajstić information content (AvgIpc) is 3.02. The summed E-state index contributed by atoms with van der Waals surface area (Å²) in [6.45, 7) is 5.08. The molecule has 28 heavy (non-hydrogen) atoms. The molecular formula is C17H20ClN5O4S. The number of nitrogens with zero attached hydrogens (tertiary/aromatic N) is 4. The van der Waals surface area contributed by atoms with Crippen LogP contribution >= 0.6 is 11.6 Å². The summed E-state index contributed by atoms with van der Waals surface area (Å²) in [4.78, 5) is 21.4. The minimum atomic E-state index is -3.68. The molecule has 1 N–H and O–H groups in total. The molecular weight excluding hydrogens is 406 g/mol. The second-order valence-electron chi connectivity index (χ2n) is 5.62. The molecule has 0 bridgehead atoms. The second-order valence-corrected chi connectivity index (χ2v) is 8.20. The fraction of sp³-hybridized carbons (Fsp3) is 0.294. The zero-order valence-corrected chi connectivity index (χ0v) is 16.9. The van der Waals surface area contributed by atoms with Gasteiger partial charge in [0.1, 0.15) is 12.4 Å². The fourth-order valence-corrected chi connectivity index (χ4v) is 4.22. The summed E-state index contributed by atoms with van der Waals surface area (Å²) in [7, 11) is -2.45. The van der Waals surface area contributed by atoms with Crippen molar-refractivity contribution in [3.05, 3.63) is 48.5 Å². The number of hydrogen-bond acceptors (Lipinski definition) is 7. The first-order valence-electron chi connectivity index (χ1n) is 8.24. The van der Waals surface area contributed by atoms with E-state index in [-0.39, 0.29) is 28.7 Å². The van der Waals surface area contributed by atoms with Crippen molar-refractivity contribution in [3.8, 4) is 5.69 Å². The van der Waals surface area contributed by atoms with Crippen LogP contribution in [0.2, 0.25) is 5.15 Å². The zero-order valence-electron chi connectivity index (χ0n) is 15.4. The van der Waals surface area contributed by atoms with Gasteiger partial charge < -0.3 is 10.2 Å². The lowest BCUT2D eigenvalue weighted by molar-refractivity contribution is -0.110. The fourth-order valence-electron chi connectivity index (χ4n) is 2.49. The summed E-state index contributed by atoms with van der Waals surface area (Å²) in [5.41, 5.74) is 0.544. The number of pyridine rings is 1. The minimum absolute atomic E-state index is 0.0240. The number of oxime groups is 1. The molecule has 0 radical (unpaired) electrons. The summed E-state index contributed by atoms with van der Waals surface area (Å²) in [6, 6.07) is 3.48. The summed E-state index contributed by atoms with van der Waals surface area (Å²) in [5, 5.41) is 9.16. The van der Waals surface area contributed by atoms with E-state index in [2.05, 4.69) is 27.1 Å². The summed E-state index contributed by atoms with van der Waals surface area (Å²) < 4.78 is 26.3. The largest absolute Gasteiger partial charge is 0.399 e. The molecule has 150 valence electrons. The highest BCUT2D eigenvalue weighted by molar-refractivity contribution is 7.93. The van der Waals surface area contributed by atoms with Gasteiger partial charge in [0.15, 0.2) is 20.7 Å². The van der Waals surface area contributed by atoms with Gasteiger partial charge in [0.25, 0.3) is 5.91 Å². The van der Waals surface area contributed by atoms with Crippen LogP contribution in [0.1, 0.15) is 13.3 Å². The maximum absolute atomic E-state index is 12.7. The lowest BCUT2D eigenvalue weighted by atomic mass is 10.2. The number of sulfone groups is 1. The maximum Gasteiger partial charge on any atom is 0.274 e. The van der Waals surface area contributed by atoms with Crippen LogP contribution < -0.4 is 5.32 Å². The van der Waals surface area contributed by atoms with Gasteiger partial charge in [-0.15, -0.1) is 6.58 Å². The standard InChI is InChI=1S/C17H20ClN5O4S/c1-4-9-28(25,26)14(5-2)15(22-27-3)17(24)20-13-11-23(21-16(13)18)12-7-6-8-19-10-12/h4,6-8,10-11,14H,1,5,9H2,2-3H3,(H,20,24). The molecule has 0 aliphatic carbocycles. The molecule has 0 aliphatic heterocycles. The molecule has 0 saturated heterocycles. The third kappa shape index (κ3) is 4.96. The van der Waals surface area contributed by atoms with Gasteiger partial charge in [-0.2, -0.15) is 5.10 Å². The topological polar surface area (TPSA) is 116 Å². The molecule has 2 aromatic heterocycles. The Labute approximate surface area is 168 Å². The lowest BCUT2D eigenvalue weighted by Crippen LogP contribution is -2.39. The Bertz CT molecular complexity index is 973. The van der Waals surface area contributed by atoms with Crippen molar-refractivity contribution < 1.29 is 18.0 Å². The number of hydrogen-bond donors (Lipinski definition) is 1. The van der Waals surface area contributed by atoms with Crippen molar-refractivity contribution >= 4 is 38.7 Å². The SMILES string of the molecule is C=CCS(=O)(=O)C(CC)C(=NOC)C(=O)Nc1cn(-c2cccnc2)nc1Cl. The molecule has 11 heteroatoms. The van der Waals surface area contributed by atoms with Gasteiger partial charge in [0.05, 0.1) is 29.5 Å². The van der Waals surface area contributed by atoms with E-state index in [0.29, 0.717) is 5.69 Å². The molecule has 0 saturated carbocycles. The van der Waals surface area contributed by atoms with Crippen molar-refractivity contribution in [2.45, 2.75) is 18.6 Å². The van der Waals surface area contributed by atoms with Gasteiger partial charge in [0.2, 0.25) is 0 Å². The number of halogens is 1. The van der Waals surface area contributed by atoms with Crippen molar-refractivity contribution in [2.75, 3.05) is 18.2 Å². The molecule has 2 aromatic rings. The molecule has 1 unspecified atom stereocenters. The van der Waals surface area contributed by atoms with Gasteiger partial charge in [0, 0.05) is 6.20 Å². The van der Waals surface area contributed by atoms with Crippen LogP contribution in [0.15, 0.2) is 48.5 Å². The quantitative estimate of drug-likeness (QED) is 0.374. The molecule has 2 rings (SSSR count). The van der Waals surface area contributed by atoms with E-state index in [0.717, 1.165) is 0 Å². The Morgan fingerprint density at radius 1 is 1.54 bits per heavy atom. The minimum Gasteiger partial charge on any atom is -0.399 e. The van der Waals surface area contributed by atoms with Crippen LogP contribution in [0, 0.1) is 0 Å². The molecule has 0 aliphatic rings. The van der Waals surface area contributed by atoms with E-state index in [4.69, 9.17) is 16.4 Å². The predicted molar refractivity (Wildman–Crippen MR) is 108 cm³/mol. The Hall–Kier alpha value is -2.72. The number of amides is 1. The van der Waals surface area contributed by atoms with Crippen molar-refractivity contribution in [1.82, 2.24) is 14.8 Å².